The summed E-state index contributed by atoms with van der Waals surface area (Å²) < 4.78 is 7.01. The Kier molecular flexibility index (Phi) is 6.23. The van der Waals surface area contributed by atoms with E-state index in [4.69, 9.17) is 4.74 Å². The molecule has 0 radical (unpaired) electrons. The second-order valence-electron chi connectivity index (χ2n) is 5.73. The SMILES string of the molecule is COCC(=O)N1CCN(c2nccn2-c2ccc(C)cc2)CC1.Cl. The number of amides is 1. The molecule has 0 spiro atoms. The van der Waals surface area contributed by atoms with Gasteiger partial charge in [0.25, 0.3) is 0 Å². The van der Waals surface area contributed by atoms with Crippen molar-refractivity contribution in [1.82, 2.24) is 14.5 Å². The summed E-state index contributed by atoms with van der Waals surface area (Å²) in [5.74, 6) is 0.974. The van der Waals surface area contributed by atoms with Gasteiger partial charge in [-0.1, -0.05) is 17.7 Å². The molecule has 2 aromatic rings. The fraction of sp³-hybridized carbons (Fsp3) is 0.412. The zero-order chi connectivity index (χ0) is 16.2. The number of hydrogen-bond donors (Lipinski definition) is 0. The van der Waals surface area contributed by atoms with Crippen molar-refractivity contribution in [2.75, 3.05) is 44.8 Å². The van der Waals surface area contributed by atoms with Gasteiger partial charge in [-0.15, -0.1) is 12.4 Å². The monoisotopic (exact) mass is 350 g/mol. The van der Waals surface area contributed by atoms with Crippen molar-refractivity contribution in [2.45, 2.75) is 6.92 Å². The number of aromatic nitrogens is 2. The predicted molar refractivity (Wildman–Crippen MR) is 96.2 cm³/mol. The lowest BCUT2D eigenvalue weighted by Gasteiger charge is -2.35. The maximum atomic E-state index is 11.9. The topological polar surface area (TPSA) is 50.6 Å². The van der Waals surface area contributed by atoms with E-state index >= 15 is 0 Å². The van der Waals surface area contributed by atoms with Crippen LogP contribution in [0.15, 0.2) is 36.7 Å². The molecule has 0 atom stereocenters. The third-order valence-electron chi connectivity index (χ3n) is 4.12. The van der Waals surface area contributed by atoms with E-state index in [9.17, 15) is 4.79 Å². The fourth-order valence-electron chi connectivity index (χ4n) is 2.81. The minimum absolute atomic E-state index is 0. The zero-order valence-corrected chi connectivity index (χ0v) is 14.8. The number of carbonyl (C=O) groups is 1. The largest absolute Gasteiger partial charge is 0.375 e. The van der Waals surface area contributed by atoms with Gasteiger partial charge in [0.05, 0.1) is 0 Å². The molecule has 1 saturated heterocycles. The van der Waals surface area contributed by atoms with Crippen LogP contribution in [0.1, 0.15) is 5.56 Å². The summed E-state index contributed by atoms with van der Waals surface area (Å²) in [4.78, 5) is 20.4. The molecule has 1 aromatic carbocycles. The number of anilines is 1. The number of nitrogens with zero attached hydrogens (tertiary/aromatic N) is 4. The molecule has 6 nitrogen and oxygen atoms in total. The van der Waals surface area contributed by atoms with Gasteiger partial charge in [0.2, 0.25) is 11.9 Å². The molecule has 0 bridgehead atoms. The van der Waals surface area contributed by atoms with E-state index in [1.165, 1.54) is 5.56 Å². The Labute approximate surface area is 148 Å². The molecule has 3 rings (SSSR count). The van der Waals surface area contributed by atoms with Gasteiger partial charge in [-0.3, -0.25) is 9.36 Å². The molecule has 1 aliphatic rings. The van der Waals surface area contributed by atoms with Crippen molar-refractivity contribution in [3.63, 3.8) is 0 Å². The van der Waals surface area contributed by atoms with Gasteiger partial charge in [0.15, 0.2) is 0 Å². The second-order valence-corrected chi connectivity index (χ2v) is 5.73. The summed E-state index contributed by atoms with van der Waals surface area (Å²) in [6.07, 6.45) is 3.79. The van der Waals surface area contributed by atoms with Crippen LogP contribution in [-0.4, -0.2) is 60.3 Å². The quantitative estimate of drug-likeness (QED) is 0.845. The normalized spacial score (nSPS) is 14.4. The number of piperazine rings is 1. The van der Waals surface area contributed by atoms with E-state index < -0.39 is 0 Å². The van der Waals surface area contributed by atoms with E-state index in [2.05, 4.69) is 45.6 Å². The molecule has 0 unspecified atom stereocenters. The van der Waals surface area contributed by atoms with Crippen LogP contribution >= 0.6 is 12.4 Å². The number of benzene rings is 1. The average Bonchev–Trinajstić information content (AvgIpc) is 3.05. The average molecular weight is 351 g/mol. The highest BCUT2D eigenvalue weighted by molar-refractivity contribution is 5.85. The van der Waals surface area contributed by atoms with Crippen molar-refractivity contribution in [3.05, 3.63) is 42.2 Å². The van der Waals surface area contributed by atoms with Gasteiger partial charge in [-0.25, -0.2) is 4.98 Å². The summed E-state index contributed by atoms with van der Waals surface area (Å²) in [5, 5.41) is 0. The summed E-state index contributed by atoms with van der Waals surface area (Å²) in [7, 11) is 1.55. The Morgan fingerprint density at radius 2 is 1.83 bits per heavy atom. The van der Waals surface area contributed by atoms with Crippen LogP contribution in [0.3, 0.4) is 0 Å². The summed E-state index contributed by atoms with van der Waals surface area (Å²) >= 11 is 0. The summed E-state index contributed by atoms with van der Waals surface area (Å²) in [6.45, 7) is 5.18. The van der Waals surface area contributed by atoms with Crippen molar-refractivity contribution < 1.29 is 9.53 Å². The predicted octanol–water partition coefficient (Wildman–Crippen LogP) is 1.90. The Hall–Kier alpha value is -2.05. The minimum Gasteiger partial charge on any atom is -0.375 e. The molecule has 2 heterocycles. The first-order chi connectivity index (χ1) is 11.2. The molecular formula is C17H23ClN4O2. The number of halogens is 1. The number of hydrogen-bond acceptors (Lipinski definition) is 4. The van der Waals surface area contributed by atoms with Crippen LogP contribution in [0.4, 0.5) is 5.95 Å². The maximum absolute atomic E-state index is 11.9. The van der Waals surface area contributed by atoms with Gasteiger partial charge < -0.3 is 14.5 Å². The standard InChI is InChI=1S/C17H22N4O2.ClH/c1-14-3-5-15(6-4-14)21-8-7-18-17(21)20-11-9-19(10-12-20)16(22)13-23-2;/h3-8H,9-13H2,1-2H3;1H. The van der Waals surface area contributed by atoms with Crippen LogP contribution in [0.2, 0.25) is 0 Å². The van der Waals surface area contributed by atoms with Crippen molar-refractivity contribution in [1.29, 1.82) is 0 Å². The molecule has 7 heteroatoms. The smallest absolute Gasteiger partial charge is 0.248 e. The highest BCUT2D eigenvalue weighted by atomic mass is 35.5. The van der Waals surface area contributed by atoms with Crippen molar-refractivity contribution in [2.24, 2.45) is 0 Å². The molecule has 1 fully saturated rings. The number of imidazole rings is 1. The highest BCUT2D eigenvalue weighted by Crippen LogP contribution is 2.20. The van der Waals surface area contributed by atoms with Crippen LogP contribution in [0.5, 0.6) is 0 Å². The number of methoxy groups -OCH3 is 1. The molecule has 0 N–H and O–H groups in total. The molecule has 24 heavy (non-hydrogen) atoms. The Balaban J connectivity index is 0.00000208. The van der Waals surface area contributed by atoms with Crippen LogP contribution in [0.25, 0.3) is 5.69 Å². The van der Waals surface area contributed by atoms with Gasteiger partial charge in [-0.05, 0) is 19.1 Å². The molecule has 1 aromatic heterocycles. The summed E-state index contributed by atoms with van der Waals surface area (Å²) in [5.41, 5.74) is 2.33. The molecular weight excluding hydrogens is 328 g/mol. The van der Waals surface area contributed by atoms with Crippen LogP contribution < -0.4 is 4.90 Å². The highest BCUT2D eigenvalue weighted by Gasteiger charge is 2.23. The Bertz CT molecular complexity index is 663. The third-order valence-corrected chi connectivity index (χ3v) is 4.12. The lowest BCUT2D eigenvalue weighted by atomic mass is 10.2. The van der Waals surface area contributed by atoms with Gasteiger partial charge in [0, 0.05) is 51.4 Å². The molecule has 1 aliphatic heterocycles. The second kappa shape index (κ2) is 8.17. The summed E-state index contributed by atoms with van der Waals surface area (Å²) in [6, 6.07) is 8.39. The number of ether oxygens (including phenoxy) is 1. The molecule has 130 valence electrons. The van der Waals surface area contributed by atoms with Gasteiger partial charge in [0.1, 0.15) is 6.61 Å². The third kappa shape index (κ3) is 3.88. The van der Waals surface area contributed by atoms with E-state index in [1.54, 1.807) is 7.11 Å². The zero-order valence-electron chi connectivity index (χ0n) is 14.0. The van der Waals surface area contributed by atoms with Crippen LogP contribution in [0, 0.1) is 6.92 Å². The number of aryl methyl sites for hydroxylation is 1. The van der Waals surface area contributed by atoms with E-state index in [0.29, 0.717) is 13.1 Å². The molecule has 0 saturated carbocycles. The van der Waals surface area contributed by atoms with Crippen molar-refractivity contribution in [3.8, 4) is 5.69 Å². The lowest BCUT2D eigenvalue weighted by Crippen LogP contribution is -2.50. The first-order valence-corrected chi connectivity index (χ1v) is 7.81. The Morgan fingerprint density at radius 3 is 2.46 bits per heavy atom. The fourth-order valence-corrected chi connectivity index (χ4v) is 2.81. The molecule has 0 aliphatic carbocycles. The number of rotatable bonds is 4. The van der Waals surface area contributed by atoms with Gasteiger partial charge >= 0.3 is 0 Å². The van der Waals surface area contributed by atoms with Crippen molar-refractivity contribution >= 4 is 24.3 Å². The maximum Gasteiger partial charge on any atom is 0.248 e. The Morgan fingerprint density at radius 1 is 1.17 bits per heavy atom. The molecule has 1 amide bonds. The lowest BCUT2D eigenvalue weighted by molar-refractivity contribution is -0.135. The van der Waals surface area contributed by atoms with Crippen LogP contribution in [-0.2, 0) is 9.53 Å². The minimum atomic E-state index is 0. The van der Waals surface area contributed by atoms with E-state index in [-0.39, 0.29) is 24.9 Å². The van der Waals surface area contributed by atoms with E-state index in [1.807, 2.05) is 17.3 Å². The first-order valence-electron chi connectivity index (χ1n) is 7.81. The number of carbonyl (C=O) groups excluding carboxylic acids is 1. The van der Waals surface area contributed by atoms with E-state index in [0.717, 1.165) is 24.7 Å². The van der Waals surface area contributed by atoms with Gasteiger partial charge in [-0.2, -0.15) is 0 Å². The first kappa shape index (κ1) is 18.3.